The standard InChI is InChI=1S/C12H13N5S/c1-2-10-16-17-11(18-10)7-14-9-4-3-8-5-6-13-12(8)15-9/h3-6H,2,7H2,1H3,(H2,13,14,15). The first-order valence-electron chi connectivity index (χ1n) is 5.84. The number of hydrogen-bond acceptors (Lipinski definition) is 5. The summed E-state index contributed by atoms with van der Waals surface area (Å²) >= 11 is 1.64. The highest BCUT2D eigenvalue weighted by molar-refractivity contribution is 7.11. The summed E-state index contributed by atoms with van der Waals surface area (Å²) in [6.45, 7) is 2.75. The van der Waals surface area contributed by atoms with Crippen LogP contribution in [0.3, 0.4) is 0 Å². The summed E-state index contributed by atoms with van der Waals surface area (Å²) in [5, 5.41) is 14.6. The first-order chi connectivity index (χ1) is 8.85. The average Bonchev–Trinajstić information content (AvgIpc) is 3.04. The fourth-order valence-corrected chi connectivity index (χ4v) is 2.42. The number of pyridine rings is 1. The largest absolute Gasteiger partial charge is 0.363 e. The van der Waals surface area contributed by atoms with Crippen LogP contribution in [0.1, 0.15) is 16.9 Å². The summed E-state index contributed by atoms with van der Waals surface area (Å²) in [4.78, 5) is 7.56. The number of H-pyrrole nitrogens is 1. The van der Waals surface area contributed by atoms with E-state index in [9.17, 15) is 0 Å². The van der Waals surface area contributed by atoms with Gasteiger partial charge in [0.05, 0.1) is 6.54 Å². The number of aromatic nitrogens is 4. The van der Waals surface area contributed by atoms with E-state index < -0.39 is 0 Å². The summed E-state index contributed by atoms with van der Waals surface area (Å²) in [6.07, 6.45) is 2.82. The number of nitrogens with zero attached hydrogens (tertiary/aromatic N) is 3. The Bertz CT molecular complexity index is 657. The highest BCUT2D eigenvalue weighted by atomic mass is 32.1. The molecule has 3 rings (SSSR count). The van der Waals surface area contributed by atoms with Crippen LogP contribution in [0.2, 0.25) is 0 Å². The number of nitrogens with one attached hydrogen (secondary N) is 2. The van der Waals surface area contributed by atoms with Gasteiger partial charge >= 0.3 is 0 Å². The topological polar surface area (TPSA) is 66.5 Å². The normalized spacial score (nSPS) is 10.9. The van der Waals surface area contributed by atoms with Gasteiger partial charge in [-0.05, 0) is 24.6 Å². The van der Waals surface area contributed by atoms with Crippen LogP contribution >= 0.6 is 11.3 Å². The van der Waals surface area contributed by atoms with Crippen molar-refractivity contribution in [3.63, 3.8) is 0 Å². The van der Waals surface area contributed by atoms with Gasteiger partial charge in [-0.25, -0.2) is 4.98 Å². The molecule has 0 aliphatic rings. The molecule has 0 saturated carbocycles. The van der Waals surface area contributed by atoms with Crippen molar-refractivity contribution in [2.45, 2.75) is 19.9 Å². The summed E-state index contributed by atoms with van der Waals surface area (Å²) < 4.78 is 0. The van der Waals surface area contributed by atoms with E-state index in [0.717, 1.165) is 33.3 Å². The minimum absolute atomic E-state index is 0.664. The molecule has 0 radical (unpaired) electrons. The minimum Gasteiger partial charge on any atom is -0.363 e. The van der Waals surface area contributed by atoms with Gasteiger partial charge in [0.15, 0.2) is 0 Å². The van der Waals surface area contributed by atoms with Crippen LogP contribution < -0.4 is 5.32 Å². The van der Waals surface area contributed by atoms with Gasteiger partial charge in [-0.2, -0.15) is 0 Å². The van der Waals surface area contributed by atoms with Crippen LogP contribution in [0.4, 0.5) is 5.82 Å². The smallest absolute Gasteiger partial charge is 0.139 e. The third kappa shape index (κ3) is 2.19. The quantitative estimate of drug-likeness (QED) is 0.755. The minimum atomic E-state index is 0.664. The Morgan fingerprint density at radius 1 is 1.22 bits per heavy atom. The fourth-order valence-electron chi connectivity index (χ4n) is 1.70. The predicted molar refractivity (Wildman–Crippen MR) is 72.7 cm³/mol. The van der Waals surface area contributed by atoms with Crippen molar-refractivity contribution in [3.8, 4) is 0 Å². The molecule has 18 heavy (non-hydrogen) atoms. The van der Waals surface area contributed by atoms with E-state index in [0.29, 0.717) is 6.54 Å². The molecule has 0 unspecified atom stereocenters. The zero-order chi connectivity index (χ0) is 12.4. The zero-order valence-electron chi connectivity index (χ0n) is 9.97. The van der Waals surface area contributed by atoms with E-state index in [-0.39, 0.29) is 0 Å². The molecule has 5 nitrogen and oxygen atoms in total. The maximum Gasteiger partial charge on any atom is 0.139 e. The van der Waals surface area contributed by atoms with Crippen molar-refractivity contribution in [3.05, 3.63) is 34.4 Å². The molecule has 3 aromatic heterocycles. The number of anilines is 1. The predicted octanol–water partition coefficient (Wildman–Crippen LogP) is 2.59. The van der Waals surface area contributed by atoms with Crippen LogP contribution in [-0.4, -0.2) is 20.2 Å². The maximum atomic E-state index is 4.47. The zero-order valence-corrected chi connectivity index (χ0v) is 10.8. The molecule has 2 N–H and O–H groups in total. The van der Waals surface area contributed by atoms with Gasteiger partial charge in [-0.1, -0.05) is 18.3 Å². The van der Waals surface area contributed by atoms with Crippen molar-refractivity contribution in [1.82, 2.24) is 20.2 Å². The number of aromatic amines is 1. The third-order valence-corrected chi connectivity index (χ3v) is 3.71. The van der Waals surface area contributed by atoms with Crippen molar-refractivity contribution >= 4 is 28.2 Å². The van der Waals surface area contributed by atoms with Gasteiger partial charge in [-0.15, -0.1) is 10.2 Å². The lowest BCUT2D eigenvalue weighted by molar-refractivity contribution is 0.937. The Labute approximate surface area is 108 Å². The molecule has 0 atom stereocenters. The Kier molecular flexibility index (Phi) is 2.93. The van der Waals surface area contributed by atoms with Gasteiger partial charge in [0, 0.05) is 11.6 Å². The molecule has 0 spiro atoms. The maximum absolute atomic E-state index is 4.47. The highest BCUT2D eigenvalue weighted by Gasteiger charge is 2.03. The summed E-state index contributed by atoms with van der Waals surface area (Å²) in [5.74, 6) is 0.846. The van der Waals surface area contributed by atoms with Gasteiger partial charge in [0.2, 0.25) is 0 Å². The second kappa shape index (κ2) is 4.73. The molecule has 0 saturated heterocycles. The van der Waals surface area contributed by atoms with Crippen LogP contribution in [0.25, 0.3) is 11.0 Å². The van der Waals surface area contributed by atoms with Crippen LogP contribution in [0.15, 0.2) is 24.4 Å². The summed E-state index contributed by atoms with van der Waals surface area (Å²) in [7, 11) is 0. The highest BCUT2D eigenvalue weighted by Crippen LogP contribution is 2.15. The number of aryl methyl sites for hydroxylation is 1. The van der Waals surface area contributed by atoms with Gasteiger partial charge < -0.3 is 10.3 Å². The SMILES string of the molecule is CCc1nnc(CNc2ccc3cc[nH]c3n2)s1. The van der Waals surface area contributed by atoms with Crippen molar-refractivity contribution in [2.24, 2.45) is 0 Å². The number of hydrogen-bond donors (Lipinski definition) is 2. The van der Waals surface area contributed by atoms with E-state index in [1.54, 1.807) is 11.3 Å². The van der Waals surface area contributed by atoms with Gasteiger partial charge in [0.1, 0.15) is 21.5 Å². The third-order valence-electron chi connectivity index (χ3n) is 2.64. The first-order valence-corrected chi connectivity index (χ1v) is 6.66. The fraction of sp³-hybridized carbons (Fsp3) is 0.250. The molecule has 0 aromatic carbocycles. The molecule has 3 heterocycles. The number of rotatable bonds is 4. The first kappa shape index (κ1) is 11.2. The Morgan fingerprint density at radius 3 is 2.94 bits per heavy atom. The van der Waals surface area contributed by atoms with Crippen molar-refractivity contribution in [1.29, 1.82) is 0 Å². The molecule has 6 heteroatoms. The van der Waals surface area contributed by atoms with E-state index >= 15 is 0 Å². The molecule has 0 bridgehead atoms. The van der Waals surface area contributed by atoms with E-state index in [1.807, 2.05) is 24.4 Å². The van der Waals surface area contributed by atoms with Gasteiger partial charge in [-0.3, -0.25) is 0 Å². The second-order valence-corrected chi connectivity index (χ2v) is 5.06. The molecular weight excluding hydrogens is 246 g/mol. The average molecular weight is 259 g/mol. The van der Waals surface area contributed by atoms with E-state index in [2.05, 4.69) is 32.4 Å². The molecule has 0 amide bonds. The monoisotopic (exact) mass is 259 g/mol. The Hall–Kier alpha value is -1.95. The lowest BCUT2D eigenvalue weighted by atomic mass is 10.3. The molecule has 0 aliphatic heterocycles. The molecular formula is C12H13N5S. The van der Waals surface area contributed by atoms with Crippen molar-refractivity contribution < 1.29 is 0 Å². The molecule has 0 aliphatic carbocycles. The van der Waals surface area contributed by atoms with Crippen LogP contribution in [-0.2, 0) is 13.0 Å². The number of fused-ring (bicyclic) bond motifs is 1. The van der Waals surface area contributed by atoms with Crippen LogP contribution in [0, 0.1) is 0 Å². The molecule has 0 fully saturated rings. The lowest BCUT2D eigenvalue weighted by Crippen LogP contribution is -2.00. The lowest BCUT2D eigenvalue weighted by Gasteiger charge is -2.02. The molecule has 92 valence electrons. The van der Waals surface area contributed by atoms with E-state index in [4.69, 9.17) is 0 Å². The van der Waals surface area contributed by atoms with Gasteiger partial charge in [0.25, 0.3) is 0 Å². The summed E-state index contributed by atoms with van der Waals surface area (Å²) in [6, 6.07) is 6.01. The van der Waals surface area contributed by atoms with E-state index in [1.165, 1.54) is 0 Å². The summed E-state index contributed by atoms with van der Waals surface area (Å²) in [5.41, 5.74) is 0.895. The second-order valence-electron chi connectivity index (χ2n) is 3.91. The molecule has 3 aromatic rings. The Morgan fingerprint density at radius 2 is 2.11 bits per heavy atom. The van der Waals surface area contributed by atoms with Crippen LogP contribution in [0.5, 0.6) is 0 Å². The Balaban J connectivity index is 1.72. The van der Waals surface area contributed by atoms with Crippen molar-refractivity contribution in [2.75, 3.05) is 5.32 Å².